The maximum atomic E-state index is 12.4. The molecule has 0 bridgehead atoms. The summed E-state index contributed by atoms with van der Waals surface area (Å²) in [6.45, 7) is 4.38. The fourth-order valence-corrected chi connectivity index (χ4v) is 3.47. The third-order valence-corrected chi connectivity index (χ3v) is 4.67. The molecule has 0 saturated carbocycles. The fraction of sp³-hybridized carbons (Fsp3) is 0.353. The van der Waals surface area contributed by atoms with Crippen LogP contribution in [0.2, 0.25) is 0 Å². The highest BCUT2D eigenvalue weighted by atomic mass is 79.9. The second-order valence-electron chi connectivity index (χ2n) is 5.84. The van der Waals surface area contributed by atoms with E-state index in [0.29, 0.717) is 11.3 Å². The van der Waals surface area contributed by atoms with E-state index in [4.69, 9.17) is 0 Å². The van der Waals surface area contributed by atoms with E-state index in [1.54, 1.807) is 6.08 Å². The predicted octanol–water partition coefficient (Wildman–Crippen LogP) is 3.65. The van der Waals surface area contributed by atoms with Crippen LogP contribution in [0.3, 0.4) is 0 Å². The van der Waals surface area contributed by atoms with Crippen molar-refractivity contribution in [1.29, 1.82) is 0 Å². The van der Waals surface area contributed by atoms with Crippen LogP contribution in [0.25, 0.3) is 6.08 Å². The first kappa shape index (κ1) is 18.7. The maximum absolute atomic E-state index is 12.4. The van der Waals surface area contributed by atoms with Crippen molar-refractivity contribution in [1.82, 2.24) is 10.2 Å². The number of hydrogen-bond acceptors (Lipinski definition) is 4. The summed E-state index contributed by atoms with van der Waals surface area (Å²) in [4.78, 5) is 37.5. The molecular formula is C17H19BrN2O3S. The third-order valence-electron chi connectivity index (χ3n) is 3.27. The van der Waals surface area contributed by atoms with Gasteiger partial charge in [0.05, 0.1) is 4.91 Å². The van der Waals surface area contributed by atoms with Crippen molar-refractivity contribution in [3.8, 4) is 0 Å². The topological polar surface area (TPSA) is 66.5 Å². The number of carbonyl (C=O) groups is 3. The fourth-order valence-electron chi connectivity index (χ4n) is 2.19. The number of rotatable bonds is 6. The van der Waals surface area contributed by atoms with Crippen molar-refractivity contribution >= 4 is 50.8 Å². The van der Waals surface area contributed by atoms with E-state index in [1.807, 2.05) is 38.1 Å². The highest BCUT2D eigenvalue weighted by Crippen LogP contribution is 2.32. The molecule has 1 heterocycles. The molecule has 1 saturated heterocycles. The van der Waals surface area contributed by atoms with Gasteiger partial charge in [0.1, 0.15) is 0 Å². The Balaban J connectivity index is 1.95. The van der Waals surface area contributed by atoms with Gasteiger partial charge in [-0.3, -0.25) is 19.3 Å². The highest BCUT2D eigenvalue weighted by Gasteiger charge is 2.34. The van der Waals surface area contributed by atoms with Crippen molar-refractivity contribution in [3.63, 3.8) is 0 Å². The molecule has 1 aliphatic rings. The van der Waals surface area contributed by atoms with E-state index in [1.165, 1.54) is 4.90 Å². The molecule has 0 radical (unpaired) electrons. The van der Waals surface area contributed by atoms with Gasteiger partial charge in [0.25, 0.3) is 11.1 Å². The summed E-state index contributed by atoms with van der Waals surface area (Å²) < 4.78 is 0.906. The number of nitrogens with one attached hydrogen (secondary N) is 1. The second kappa shape index (κ2) is 8.48. The van der Waals surface area contributed by atoms with Crippen LogP contribution in [0.1, 0.15) is 25.8 Å². The zero-order valence-corrected chi connectivity index (χ0v) is 15.9. The SMILES string of the molecule is CC(C)CC(=O)NCCN1C(=O)SC(=Cc2cccc(Br)c2)C1=O. The van der Waals surface area contributed by atoms with Crippen molar-refractivity contribution in [2.24, 2.45) is 5.92 Å². The van der Waals surface area contributed by atoms with Crippen LogP contribution < -0.4 is 5.32 Å². The van der Waals surface area contributed by atoms with Crippen LogP contribution >= 0.6 is 27.7 Å². The Kier molecular flexibility index (Phi) is 6.62. The minimum Gasteiger partial charge on any atom is -0.354 e. The quantitative estimate of drug-likeness (QED) is 0.726. The van der Waals surface area contributed by atoms with Crippen molar-refractivity contribution in [2.45, 2.75) is 20.3 Å². The lowest BCUT2D eigenvalue weighted by molar-refractivity contribution is -0.124. The second-order valence-corrected chi connectivity index (χ2v) is 7.75. The number of imide groups is 1. The summed E-state index contributed by atoms with van der Waals surface area (Å²) in [5.74, 6) is -0.111. The number of benzene rings is 1. The monoisotopic (exact) mass is 410 g/mol. The standard InChI is InChI=1S/C17H19BrN2O3S/c1-11(2)8-15(21)19-6-7-20-16(22)14(24-17(20)23)10-12-4-3-5-13(18)9-12/h3-5,9-11H,6-8H2,1-2H3,(H,19,21). The maximum Gasteiger partial charge on any atom is 0.293 e. The van der Waals surface area contributed by atoms with Gasteiger partial charge >= 0.3 is 0 Å². The van der Waals surface area contributed by atoms with Gasteiger partial charge < -0.3 is 5.32 Å². The van der Waals surface area contributed by atoms with Gasteiger partial charge in [-0.05, 0) is 41.5 Å². The molecule has 0 spiro atoms. The molecule has 0 unspecified atom stereocenters. The Morgan fingerprint density at radius 2 is 2.12 bits per heavy atom. The Hall–Kier alpha value is -1.60. The van der Waals surface area contributed by atoms with Crippen molar-refractivity contribution in [2.75, 3.05) is 13.1 Å². The Labute approximate surface area is 154 Å². The molecule has 1 fully saturated rings. The van der Waals surface area contributed by atoms with Crippen LogP contribution in [0.5, 0.6) is 0 Å². The molecule has 1 N–H and O–H groups in total. The van der Waals surface area contributed by atoms with Gasteiger partial charge in [0, 0.05) is 24.0 Å². The first-order chi connectivity index (χ1) is 11.4. The molecule has 0 atom stereocenters. The number of thioether (sulfide) groups is 1. The number of hydrogen-bond donors (Lipinski definition) is 1. The summed E-state index contributed by atoms with van der Waals surface area (Å²) in [7, 11) is 0. The number of halogens is 1. The molecule has 0 aliphatic carbocycles. The minimum absolute atomic E-state index is 0.0679. The van der Waals surface area contributed by atoms with Gasteiger partial charge in [-0.25, -0.2) is 0 Å². The van der Waals surface area contributed by atoms with Gasteiger partial charge in [-0.1, -0.05) is 41.9 Å². The van der Waals surface area contributed by atoms with Gasteiger partial charge in [0.15, 0.2) is 0 Å². The van der Waals surface area contributed by atoms with E-state index in [9.17, 15) is 14.4 Å². The average Bonchev–Trinajstić information content (AvgIpc) is 2.74. The van der Waals surface area contributed by atoms with Crippen LogP contribution in [0.4, 0.5) is 4.79 Å². The van der Waals surface area contributed by atoms with Crippen LogP contribution in [-0.4, -0.2) is 35.0 Å². The summed E-state index contributed by atoms with van der Waals surface area (Å²) in [6, 6.07) is 7.50. The summed E-state index contributed by atoms with van der Waals surface area (Å²) >= 11 is 4.30. The summed E-state index contributed by atoms with van der Waals surface area (Å²) in [6.07, 6.45) is 2.14. The molecule has 24 heavy (non-hydrogen) atoms. The first-order valence-electron chi connectivity index (χ1n) is 7.64. The lowest BCUT2D eigenvalue weighted by Crippen LogP contribution is -2.37. The smallest absolute Gasteiger partial charge is 0.293 e. The average molecular weight is 411 g/mol. The Bertz CT molecular complexity index is 688. The third kappa shape index (κ3) is 5.21. The molecule has 7 heteroatoms. The Morgan fingerprint density at radius 1 is 1.38 bits per heavy atom. The number of amides is 3. The molecule has 5 nitrogen and oxygen atoms in total. The molecule has 3 amide bonds. The molecule has 1 aromatic rings. The van der Waals surface area contributed by atoms with E-state index in [-0.39, 0.29) is 36.1 Å². The lowest BCUT2D eigenvalue weighted by Gasteiger charge is -2.13. The highest BCUT2D eigenvalue weighted by molar-refractivity contribution is 9.10. The zero-order chi connectivity index (χ0) is 17.7. The van der Waals surface area contributed by atoms with Crippen LogP contribution in [0, 0.1) is 5.92 Å². The largest absolute Gasteiger partial charge is 0.354 e. The summed E-state index contributed by atoms with van der Waals surface area (Å²) in [5, 5.41) is 2.43. The minimum atomic E-state index is -0.317. The Morgan fingerprint density at radius 3 is 2.79 bits per heavy atom. The molecule has 1 aliphatic heterocycles. The van der Waals surface area contributed by atoms with Gasteiger partial charge in [-0.2, -0.15) is 0 Å². The van der Waals surface area contributed by atoms with E-state index in [0.717, 1.165) is 21.8 Å². The molecule has 0 aromatic heterocycles. The van der Waals surface area contributed by atoms with Gasteiger partial charge in [0.2, 0.25) is 5.91 Å². The predicted molar refractivity (Wildman–Crippen MR) is 99.3 cm³/mol. The normalized spacial score (nSPS) is 16.3. The number of carbonyl (C=O) groups excluding carboxylic acids is 3. The first-order valence-corrected chi connectivity index (χ1v) is 9.25. The van der Waals surface area contributed by atoms with Crippen molar-refractivity contribution < 1.29 is 14.4 Å². The van der Waals surface area contributed by atoms with Gasteiger partial charge in [-0.15, -0.1) is 0 Å². The van der Waals surface area contributed by atoms with Crippen LogP contribution in [0.15, 0.2) is 33.6 Å². The van der Waals surface area contributed by atoms with E-state index in [2.05, 4.69) is 21.2 Å². The lowest BCUT2D eigenvalue weighted by atomic mass is 10.1. The number of nitrogens with zero attached hydrogens (tertiary/aromatic N) is 1. The molecule has 128 valence electrons. The van der Waals surface area contributed by atoms with Crippen LogP contribution in [-0.2, 0) is 9.59 Å². The summed E-state index contributed by atoms with van der Waals surface area (Å²) in [5.41, 5.74) is 0.847. The zero-order valence-electron chi connectivity index (χ0n) is 13.5. The van der Waals surface area contributed by atoms with E-state index < -0.39 is 0 Å². The molecular weight excluding hydrogens is 392 g/mol. The van der Waals surface area contributed by atoms with E-state index >= 15 is 0 Å². The van der Waals surface area contributed by atoms with Crippen molar-refractivity contribution in [3.05, 3.63) is 39.2 Å². The molecule has 1 aromatic carbocycles. The molecule has 2 rings (SSSR count).